The van der Waals surface area contributed by atoms with E-state index in [9.17, 15) is 14.4 Å². The fraction of sp³-hybridized carbons (Fsp3) is 0.125. The number of anilines is 2. The highest BCUT2D eigenvalue weighted by atomic mass is 32.2. The number of rotatable bonds is 12. The Bertz CT molecular complexity index is 2050. The summed E-state index contributed by atoms with van der Waals surface area (Å²) in [7, 11) is 3.06. The Morgan fingerprint density at radius 3 is 2.20 bits per heavy atom. The van der Waals surface area contributed by atoms with Crippen LogP contribution in [0.25, 0.3) is 6.08 Å². The summed E-state index contributed by atoms with van der Waals surface area (Å²) in [6.45, 7) is 0.911. The van der Waals surface area contributed by atoms with E-state index in [1.54, 1.807) is 98.1 Å². The predicted octanol–water partition coefficient (Wildman–Crippen LogP) is 7.36. The van der Waals surface area contributed by atoms with Crippen LogP contribution >= 0.6 is 11.8 Å². The van der Waals surface area contributed by atoms with Crippen LogP contribution in [0.5, 0.6) is 23.0 Å². The number of hydrogen-bond acceptors (Lipinski definition) is 8. The van der Waals surface area contributed by atoms with E-state index in [-0.39, 0.29) is 11.6 Å². The Morgan fingerprint density at radius 2 is 1.45 bits per heavy atom. The summed E-state index contributed by atoms with van der Waals surface area (Å²) in [6, 6.07) is 35.7. The molecule has 0 bridgehead atoms. The van der Waals surface area contributed by atoms with E-state index < -0.39 is 17.1 Å². The van der Waals surface area contributed by atoms with Crippen molar-refractivity contribution >= 4 is 46.9 Å². The van der Waals surface area contributed by atoms with Gasteiger partial charge in [-0.2, -0.15) is 0 Å². The number of thioether (sulfide) groups is 1. The number of ether oxygens (including phenoxy) is 4. The molecule has 3 amide bonds. The lowest BCUT2D eigenvalue weighted by atomic mass is 10.1. The van der Waals surface area contributed by atoms with Gasteiger partial charge >= 0.3 is 0 Å². The molecule has 0 aromatic heterocycles. The fourth-order valence-corrected chi connectivity index (χ4v) is 6.33. The number of nitrogens with one attached hydrogen (secondary N) is 3. The average Bonchev–Trinajstić information content (AvgIpc) is 3.17. The van der Waals surface area contributed by atoms with Crippen molar-refractivity contribution in [1.82, 2.24) is 5.32 Å². The zero-order chi connectivity index (χ0) is 35.6. The first-order valence-electron chi connectivity index (χ1n) is 16.0. The molecule has 1 atom stereocenters. The topological polar surface area (TPSA) is 124 Å². The largest absolute Gasteiger partial charge is 0.497 e. The van der Waals surface area contributed by atoms with E-state index in [0.717, 1.165) is 10.5 Å². The highest BCUT2D eigenvalue weighted by Crippen LogP contribution is 2.38. The average molecular weight is 702 g/mol. The zero-order valence-corrected chi connectivity index (χ0v) is 28.7. The van der Waals surface area contributed by atoms with Gasteiger partial charge in [-0.15, -0.1) is 11.8 Å². The molecule has 0 aliphatic carbocycles. The second-order valence-corrected chi connectivity index (χ2v) is 12.4. The van der Waals surface area contributed by atoms with Gasteiger partial charge in [0.05, 0.1) is 14.2 Å². The van der Waals surface area contributed by atoms with Crippen molar-refractivity contribution in [3.05, 3.63) is 144 Å². The molecule has 0 saturated carbocycles. The number of fused-ring (bicyclic) bond motifs is 1. The molecule has 0 radical (unpaired) electrons. The van der Waals surface area contributed by atoms with Crippen LogP contribution in [0.2, 0.25) is 0 Å². The van der Waals surface area contributed by atoms with Gasteiger partial charge in [0.25, 0.3) is 11.8 Å². The lowest BCUT2D eigenvalue weighted by Crippen LogP contribution is -2.30. The molecule has 0 fully saturated rings. The van der Waals surface area contributed by atoms with Gasteiger partial charge in [-0.05, 0) is 66.2 Å². The first kappa shape index (κ1) is 34.7. The van der Waals surface area contributed by atoms with Crippen LogP contribution in [-0.4, -0.2) is 45.2 Å². The smallest absolute Gasteiger partial charge is 0.272 e. The first-order valence-corrected chi connectivity index (χ1v) is 16.9. The third kappa shape index (κ3) is 8.89. The molecule has 5 aromatic carbocycles. The molecule has 0 saturated heterocycles. The van der Waals surface area contributed by atoms with Gasteiger partial charge in [-0.1, -0.05) is 54.6 Å². The molecule has 1 aliphatic rings. The zero-order valence-electron chi connectivity index (χ0n) is 27.9. The maximum absolute atomic E-state index is 13.8. The van der Waals surface area contributed by atoms with Gasteiger partial charge in [0.2, 0.25) is 5.91 Å². The summed E-state index contributed by atoms with van der Waals surface area (Å²) in [6.07, 6.45) is 1.54. The summed E-state index contributed by atoms with van der Waals surface area (Å²) >= 11 is 1.33. The van der Waals surface area contributed by atoms with Crippen LogP contribution in [0.3, 0.4) is 0 Å². The highest BCUT2D eigenvalue weighted by molar-refractivity contribution is 8.00. The van der Waals surface area contributed by atoms with Crippen LogP contribution in [0.1, 0.15) is 26.7 Å². The van der Waals surface area contributed by atoms with Gasteiger partial charge in [-0.3, -0.25) is 14.4 Å². The summed E-state index contributed by atoms with van der Waals surface area (Å²) in [5.74, 6) is 0.983. The van der Waals surface area contributed by atoms with E-state index >= 15 is 0 Å². The van der Waals surface area contributed by atoms with Crippen molar-refractivity contribution in [1.29, 1.82) is 0 Å². The Kier molecular flexibility index (Phi) is 11.2. The van der Waals surface area contributed by atoms with Crippen molar-refractivity contribution in [2.75, 3.05) is 38.1 Å². The summed E-state index contributed by atoms with van der Waals surface area (Å²) in [5.41, 5.74) is 2.77. The summed E-state index contributed by atoms with van der Waals surface area (Å²) < 4.78 is 22.1. The minimum absolute atomic E-state index is 0.00801. The van der Waals surface area contributed by atoms with Crippen molar-refractivity contribution < 1.29 is 33.3 Å². The second-order valence-electron chi connectivity index (χ2n) is 11.2. The van der Waals surface area contributed by atoms with E-state index in [4.69, 9.17) is 18.9 Å². The summed E-state index contributed by atoms with van der Waals surface area (Å²) in [4.78, 5) is 41.5. The molecular weight excluding hydrogens is 667 g/mol. The molecule has 5 aromatic rings. The second kappa shape index (κ2) is 16.5. The minimum Gasteiger partial charge on any atom is -0.497 e. The van der Waals surface area contributed by atoms with Crippen LogP contribution in [-0.2, 0) is 9.59 Å². The SMILES string of the molecule is COc1ccc(/C=C(/NC(=O)c2ccccc2)C(=O)Nc2cccc(SC(C(=O)Nc3ccc4c(c3)OCCO4)c3ccccc3)c2)c(OC)c1. The molecule has 3 N–H and O–H groups in total. The van der Waals surface area contributed by atoms with Crippen LogP contribution in [0.15, 0.2) is 132 Å². The molecule has 11 heteroatoms. The monoisotopic (exact) mass is 701 g/mol. The van der Waals surface area contributed by atoms with Crippen molar-refractivity contribution in [2.24, 2.45) is 0 Å². The normalized spacial score (nSPS) is 12.6. The molecule has 258 valence electrons. The maximum atomic E-state index is 13.8. The molecule has 0 spiro atoms. The van der Waals surface area contributed by atoms with E-state index in [2.05, 4.69) is 16.0 Å². The molecule has 51 heavy (non-hydrogen) atoms. The Balaban J connectivity index is 1.24. The Labute approximate surface area is 299 Å². The fourth-order valence-electron chi connectivity index (χ4n) is 5.25. The van der Waals surface area contributed by atoms with Crippen LogP contribution < -0.4 is 34.9 Å². The number of carbonyl (C=O) groups excluding carboxylic acids is 3. The first-order chi connectivity index (χ1) is 24.9. The van der Waals surface area contributed by atoms with Crippen molar-refractivity contribution in [3.8, 4) is 23.0 Å². The number of amides is 3. The Hall–Kier alpha value is -6.20. The lowest BCUT2D eigenvalue weighted by molar-refractivity contribution is -0.116. The van der Waals surface area contributed by atoms with Gasteiger partial charge in [0.15, 0.2) is 11.5 Å². The highest BCUT2D eigenvalue weighted by Gasteiger charge is 2.24. The van der Waals surface area contributed by atoms with Gasteiger partial charge in [0.1, 0.15) is 35.7 Å². The van der Waals surface area contributed by atoms with E-state index in [1.165, 1.54) is 18.9 Å². The van der Waals surface area contributed by atoms with Crippen LogP contribution in [0.4, 0.5) is 11.4 Å². The molecule has 1 aliphatic heterocycles. The Morgan fingerprint density at radius 1 is 0.725 bits per heavy atom. The van der Waals surface area contributed by atoms with Gasteiger partial charge < -0.3 is 34.9 Å². The maximum Gasteiger partial charge on any atom is 0.272 e. The third-order valence-corrected chi connectivity index (χ3v) is 9.01. The number of hydrogen-bond donors (Lipinski definition) is 3. The quantitative estimate of drug-likeness (QED) is 0.0911. The van der Waals surface area contributed by atoms with Crippen molar-refractivity contribution in [2.45, 2.75) is 10.1 Å². The summed E-state index contributed by atoms with van der Waals surface area (Å²) in [5, 5.41) is 8.04. The van der Waals surface area contributed by atoms with Gasteiger partial charge in [-0.25, -0.2) is 0 Å². The molecular formula is C40H35N3O7S. The van der Waals surface area contributed by atoms with Crippen molar-refractivity contribution in [3.63, 3.8) is 0 Å². The van der Waals surface area contributed by atoms with E-state index in [0.29, 0.717) is 58.7 Å². The van der Waals surface area contributed by atoms with Gasteiger partial charge in [0, 0.05) is 39.5 Å². The standard InChI is InChI=1S/C40H35N3O7S/c1-47-31-18-16-28(35(25-31)48-2)22-33(43-38(44)27-12-7-4-8-13-27)39(45)41-29-14-9-15-32(23-29)51-37(26-10-5-3-6-11-26)40(46)42-30-17-19-34-36(24-30)50-21-20-49-34/h3-19,22-25,37H,20-21H2,1-2H3,(H,41,45)(H,42,46)(H,43,44)/b33-22+. The molecule has 6 rings (SSSR count). The molecule has 1 heterocycles. The minimum atomic E-state index is -0.631. The number of carbonyl (C=O) groups is 3. The number of methoxy groups -OCH3 is 2. The molecule has 10 nitrogen and oxygen atoms in total. The third-order valence-electron chi connectivity index (χ3n) is 7.77. The number of benzene rings is 5. The predicted molar refractivity (Wildman–Crippen MR) is 198 cm³/mol. The lowest BCUT2D eigenvalue weighted by Gasteiger charge is -2.20. The van der Waals surface area contributed by atoms with E-state index in [1.807, 2.05) is 36.4 Å². The molecule has 1 unspecified atom stereocenters. The van der Waals surface area contributed by atoms with Crippen LogP contribution in [0, 0.1) is 0 Å².